The second kappa shape index (κ2) is 13.6. The van der Waals surface area contributed by atoms with Crippen LogP contribution in [0.4, 0.5) is 0 Å². The van der Waals surface area contributed by atoms with Crippen molar-refractivity contribution in [1.82, 2.24) is 20.6 Å². The third-order valence-corrected chi connectivity index (χ3v) is 8.32. The molecule has 45 heavy (non-hydrogen) atoms. The maximum Gasteiger partial charge on any atom is 0.328 e. The lowest BCUT2D eigenvalue weighted by Gasteiger charge is -2.24. The predicted molar refractivity (Wildman–Crippen MR) is 176 cm³/mol. The van der Waals surface area contributed by atoms with Crippen LogP contribution in [-0.4, -0.2) is 50.5 Å². The van der Waals surface area contributed by atoms with E-state index in [9.17, 15) is 19.5 Å². The van der Waals surface area contributed by atoms with Crippen LogP contribution in [0.3, 0.4) is 0 Å². The first-order chi connectivity index (χ1) is 21.1. The number of amides is 2. The highest BCUT2D eigenvalue weighted by Gasteiger charge is 2.28. The molecule has 0 saturated heterocycles. The van der Waals surface area contributed by atoms with Crippen molar-refractivity contribution < 1.29 is 24.2 Å². The lowest BCUT2D eigenvalue weighted by molar-refractivity contribution is -0.158. The standard InChI is InChI=1S/C35H40N4O5S/c1-21(33(43)44-35(5,6)7)38-31(41)27(39-32(42)28-16-17-29(45-28)34(2,3)4)18-22-8-10-24(11-9-22)30-36-19-25(20-37-30)23-12-14-26(40)15-13-23/h8-17,19-21,27,40H,18H2,1-7H3,(H,38,41)(H,39,42). The van der Waals surface area contributed by atoms with E-state index in [1.54, 1.807) is 70.4 Å². The Labute approximate surface area is 268 Å². The van der Waals surface area contributed by atoms with Crippen molar-refractivity contribution in [2.45, 2.75) is 78.0 Å². The number of carbonyl (C=O) groups excluding carboxylic acids is 3. The van der Waals surface area contributed by atoms with Gasteiger partial charge in [-0.15, -0.1) is 11.3 Å². The van der Waals surface area contributed by atoms with E-state index >= 15 is 0 Å². The van der Waals surface area contributed by atoms with E-state index in [0.717, 1.165) is 27.1 Å². The lowest BCUT2D eigenvalue weighted by Crippen LogP contribution is -2.52. The molecular weight excluding hydrogens is 588 g/mol. The number of rotatable bonds is 9. The van der Waals surface area contributed by atoms with Gasteiger partial charge in [0.2, 0.25) is 5.91 Å². The highest BCUT2D eigenvalue weighted by molar-refractivity contribution is 7.14. The third-order valence-electron chi connectivity index (χ3n) is 6.81. The first-order valence-corrected chi connectivity index (χ1v) is 15.6. The Morgan fingerprint density at radius 2 is 1.42 bits per heavy atom. The number of aromatic nitrogens is 2. The molecule has 2 unspecified atom stereocenters. The van der Waals surface area contributed by atoms with E-state index in [4.69, 9.17) is 4.74 Å². The van der Waals surface area contributed by atoms with Gasteiger partial charge in [-0.05, 0) is 68.5 Å². The molecule has 0 radical (unpaired) electrons. The molecule has 0 aliphatic rings. The molecule has 2 amide bonds. The summed E-state index contributed by atoms with van der Waals surface area (Å²) in [5.74, 6) is -0.694. The molecule has 2 atom stereocenters. The quantitative estimate of drug-likeness (QED) is 0.192. The van der Waals surface area contributed by atoms with Crippen LogP contribution in [0.1, 0.15) is 68.6 Å². The molecule has 10 heteroatoms. The molecule has 4 rings (SSSR count). The van der Waals surface area contributed by atoms with Crippen LogP contribution in [0, 0.1) is 0 Å². The Bertz CT molecular complexity index is 1630. The fourth-order valence-electron chi connectivity index (χ4n) is 4.37. The maximum absolute atomic E-state index is 13.5. The Morgan fingerprint density at radius 3 is 1.98 bits per heavy atom. The van der Waals surface area contributed by atoms with Crippen LogP contribution < -0.4 is 10.6 Å². The van der Waals surface area contributed by atoms with Gasteiger partial charge in [-0.25, -0.2) is 14.8 Å². The van der Waals surface area contributed by atoms with E-state index in [-0.39, 0.29) is 23.5 Å². The van der Waals surface area contributed by atoms with Gasteiger partial charge in [0.25, 0.3) is 5.91 Å². The number of carbonyl (C=O) groups is 3. The molecule has 3 N–H and O–H groups in total. The number of esters is 1. The number of phenols is 1. The van der Waals surface area contributed by atoms with Crippen LogP contribution in [0.15, 0.2) is 73.1 Å². The molecule has 0 saturated carbocycles. The summed E-state index contributed by atoms with van der Waals surface area (Å²) in [7, 11) is 0. The van der Waals surface area contributed by atoms with Crippen LogP contribution in [0.25, 0.3) is 22.5 Å². The third kappa shape index (κ3) is 9.21. The van der Waals surface area contributed by atoms with Gasteiger partial charge in [-0.1, -0.05) is 57.2 Å². The second-order valence-corrected chi connectivity index (χ2v) is 14.0. The first kappa shape index (κ1) is 33.3. The second-order valence-electron chi connectivity index (χ2n) is 12.9. The summed E-state index contributed by atoms with van der Waals surface area (Å²) >= 11 is 1.39. The normalized spacial score (nSPS) is 13.0. The molecule has 2 heterocycles. The Hall–Kier alpha value is -4.57. The summed E-state index contributed by atoms with van der Waals surface area (Å²) in [5.41, 5.74) is 2.48. The molecule has 9 nitrogen and oxygen atoms in total. The van der Waals surface area contributed by atoms with Crippen molar-refractivity contribution in [3.05, 3.63) is 88.4 Å². The fraction of sp³-hybridized carbons (Fsp3) is 0.343. The van der Waals surface area contributed by atoms with Crippen molar-refractivity contribution in [2.24, 2.45) is 0 Å². The van der Waals surface area contributed by atoms with E-state index in [0.29, 0.717) is 10.7 Å². The molecule has 0 bridgehead atoms. The zero-order valence-electron chi connectivity index (χ0n) is 26.7. The van der Waals surface area contributed by atoms with Gasteiger partial charge in [-0.3, -0.25) is 9.59 Å². The SMILES string of the molecule is CC(NC(=O)C(Cc1ccc(-c2ncc(-c3ccc(O)cc3)cn2)cc1)NC(=O)c1ccc(C(C)(C)C)s1)C(=O)OC(C)(C)C. The predicted octanol–water partition coefficient (Wildman–Crippen LogP) is 6.06. The van der Waals surface area contributed by atoms with Gasteiger partial charge in [0.1, 0.15) is 23.4 Å². The monoisotopic (exact) mass is 628 g/mol. The minimum Gasteiger partial charge on any atom is -0.508 e. The molecule has 2 aromatic carbocycles. The highest BCUT2D eigenvalue weighted by atomic mass is 32.1. The zero-order valence-corrected chi connectivity index (χ0v) is 27.5. The number of benzene rings is 2. The van der Waals surface area contributed by atoms with Gasteiger partial charge >= 0.3 is 5.97 Å². The Kier molecular flexibility index (Phi) is 10.1. The van der Waals surface area contributed by atoms with Gasteiger partial charge in [0.05, 0.1) is 4.88 Å². The number of nitrogens with zero attached hydrogens (tertiary/aromatic N) is 2. The van der Waals surface area contributed by atoms with Gasteiger partial charge < -0.3 is 20.5 Å². The fourth-order valence-corrected chi connectivity index (χ4v) is 5.34. The number of aromatic hydroxyl groups is 1. The van der Waals surface area contributed by atoms with Crippen LogP contribution in [-0.2, 0) is 26.2 Å². The number of phenolic OH excluding ortho intramolecular Hbond substituents is 1. The largest absolute Gasteiger partial charge is 0.508 e. The molecule has 2 aromatic heterocycles. The van der Waals surface area contributed by atoms with Crippen molar-refractivity contribution in [2.75, 3.05) is 0 Å². The number of ether oxygens (including phenoxy) is 1. The number of hydrogen-bond donors (Lipinski definition) is 3. The highest BCUT2D eigenvalue weighted by Crippen LogP contribution is 2.29. The summed E-state index contributed by atoms with van der Waals surface area (Å²) in [6, 6.07) is 16.1. The van der Waals surface area contributed by atoms with Crippen LogP contribution >= 0.6 is 11.3 Å². The van der Waals surface area contributed by atoms with Crippen LogP contribution in [0.2, 0.25) is 0 Å². The molecule has 4 aromatic rings. The summed E-state index contributed by atoms with van der Waals surface area (Å²) in [5, 5.41) is 15.1. The summed E-state index contributed by atoms with van der Waals surface area (Å²) in [4.78, 5) is 49.8. The van der Waals surface area contributed by atoms with Gasteiger partial charge in [0, 0.05) is 34.8 Å². The van der Waals surface area contributed by atoms with E-state index in [2.05, 4.69) is 41.4 Å². The molecule has 0 spiro atoms. The summed E-state index contributed by atoms with van der Waals surface area (Å²) < 4.78 is 5.41. The van der Waals surface area contributed by atoms with Crippen molar-refractivity contribution in [3.8, 4) is 28.3 Å². The average Bonchev–Trinajstić information content (AvgIpc) is 3.48. The van der Waals surface area contributed by atoms with Crippen molar-refractivity contribution in [3.63, 3.8) is 0 Å². The minimum atomic E-state index is -0.950. The number of nitrogens with one attached hydrogen (secondary N) is 2. The zero-order chi connectivity index (χ0) is 32.9. The summed E-state index contributed by atoms with van der Waals surface area (Å²) in [6.07, 6.45) is 3.64. The number of thiophene rings is 1. The Balaban J connectivity index is 1.51. The van der Waals surface area contributed by atoms with E-state index < -0.39 is 29.6 Å². The Morgan fingerprint density at radius 1 is 0.822 bits per heavy atom. The number of hydrogen-bond acceptors (Lipinski definition) is 8. The molecular formula is C35H40N4O5S. The van der Waals surface area contributed by atoms with Gasteiger partial charge in [-0.2, -0.15) is 0 Å². The summed E-state index contributed by atoms with van der Waals surface area (Å²) in [6.45, 7) is 13.1. The maximum atomic E-state index is 13.5. The van der Waals surface area contributed by atoms with E-state index in [1.165, 1.54) is 11.3 Å². The molecule has 236 valence electrons. The van der Waals surface area contributed by atoms with Gasteiger partial charge in [0.15, 0.2) is 5.82 Å². The first-order valence-electron chi connectivity index (χ1n) is 14.7. The van der Waals surface area contributed by atoms with Crippen molar-refractivity contribution >= 4 is 29.1 Å². The minimum absolute atomic E-state index is 0.111. The van der Waals surface area contributed by atoms with Crippen molar-refractivity contribution in [1.29, 1.82) is 0 Å². The average molecular weight is 629 g/mol. The molecule has 0 fully saturated rings. The topological polar surface area (TPSA) is 131 Å². The molecule has 0 aliphatic carbocycles. The van der Waals surface area contributed by atoms with Crippen LogP contribution in [0.5, 0.6) is 5.75 Å². The lowest BCUT2D eigenvalue weighted by atomic mass is 9.95. The molecule has 0 aliphatic heterocycles. The smallest absolute Gasteiger partial charge is 0.328 e. The van der Waals surface area contributed by atoms with E-state index in [1.807, 2.05) is 30.3 Å².